The fraction of sp³-hybridized carbons (Fsp3) is 0.208. The van der Waals surface area contributed by atoms with Crippen molar-refractivity contribution in [1.29, 1.82) is 0 Å². The Balaban J connectivity index is 1.51. The van der Waals surface area contributed by atoms with Gasteiger partial charge in [-0.1, -0.05) is 16.6 Å². The number of rotatable bonds is 6. The van der Waals surface area contributed by atoms with Gasteiger partial charge in [0.25, 0.3) is 12.3 Å². The van der Waals surface area contributed by atoms with Gasteiger partial charge in [-0.05, 0) is 32.0 Å². The van der Waals surface area contributed by atoms with E-state index in [1.165, 1.54) is 36.9 Å². The van der Waals surface area contributed by atoms with Gasteiger partial charge in [0.1, 0.15) is 22.7 Å². The van der Waals surface area contributed by atoms with E-state index >= 15 is 0 Å². The van der Waals surface area contributed by atoms with Gasteiger partial charge in [0.05, 0.1) is 41.2 Å². The molecule has 1 amide bonds. The SMILES string of the molecule is COc1cnc(C(F)F)cc1-c1cc(C)ncc1C(=O)Nc1nc2cnc(-c3c(C)nnn3C)cc2s1. The monoisotopic (exact) mass is 522 g/mol. The number of methoxy groups -OCH3 is 1. The van der Waals surface area contributed by atoms with Gasteiger partial charge >= 0.3 is 0 Å². The van der Waals surface area contributed by atoms with Crippen molar-refractivity contribution in [2.24, 2.45) is 7.05 Å². The van der Waals surface area contributed by atoms with Crippen LogP contribution in [0.5, 0.6) is 5.75 Å². The molecule has 5 aromatic heterocycles. The topological polar surface area (TPSA) is 121 Å². The molecule has 5 heterocycles. The van der Waals surface area contributed by atoms with Gasteiger partial charge in [0.2, 0.25) is 0 Å². The molecule has 0 aliphatic heterocycles. The molecule has 5 aromatic rings. The number of thiazole rings is 1. The van der Waals surface area contributed by atoms with Crippen molar-refractivity contribution in [2.75, 3.05) is 12.4 Å². The summed E-state index contributed by atoms with van der Waals surface area (Å²) in [7, 11) is 3.19. The Labute approximate surface area is 213 Å². The number of anilines is 1. The molecule has 37 heavy (non-hydrogen) atoms. The molecule has 0 aliphatic carbocycles. The molecule has 0 saturated heterocycles. The zero-order valence-corrected chi connectivity index (χ0v) is 21.0. The largest absolute Gasteiger partial charge is 0.494 e. The zero-order valence-electron chi connectivity index (χ0n) is 20.2. The van der Waals surface area contributed by atoms with Crippen LogP contribution in [0.15, 0.2) is 36.8 Å². The molecule has 0 bridgehead atoms. The van der Waals surface area contributed by atoms with Crippen LogP contribution < -0.4 is 10.1 Å². The number of nitrogens with zero attached hydrogens (tertiary/aromatic N) is 7. The van der Waals surface area contributed by atoms with E-state index < -0.39 is 18.0 Å². The third-order valence-electron chi connectivity index (χ3n) is 5.64. The second-order valence-electron chi connectivity index (χ2n) is 8.14. The number of hydrogen-bond donors (Lipinski definition) is 1. The van der Waals surface area contributed by atoms with E-state index in [2.05, 4.69) is 35.6 Å². The van der Waals surface area contributed by atoms with Crippen molar-refractivity contribution in [2.45, 2.75) is 20.3 Å². The van der Waals surface area contributed by atoms with Crippen LogP contribution in [0.3, 0.4) is 0 Å². The number of hydrogen-bond acceptors (Lipinski definition) is 9. The highest BCUT2D eigenvalue weighted by Gasteiger charge is 2.21. The van der Waals surface area contributed by atoms with Crippen LogP contribution in [0, 0.1) is 13.8 Å². The summed E-state index contributed by atoms with van der Waals surface area (Å²) >= 11 is 1.27. The number of halogens is 2. The van der Waals surface area contributed by atoms with E-state index in [1.54, 1.807) is 30.9 Å². The summed E-state index contributed by atoms with van der Waals surface area (Å²) in [6.45, 7) is 3.59. The maximum atomic E-state index is 13.4. The van der Waals surface area contributed by atoms with Gasteiger partial charge in [-0.15, -0.1) is 5.10 Å². The minimum absolute atomic E-state index is 0.171. The molecule has 188 valence electrons. The number of aromatic nitrogens is 7. The molecule has 0 aliphatic rings. The Morgan fingerprint density at radius 1 is 1.08 bits per heavy atom. The smallest absolute Gasteiger partial charge is 0.280 e. The van der Waals surface area contributed by atoms with Gasteiger partial charge in [0, 0.05) is 30.1 Å². The zero-order chi connectivity index (χ0) is 26.3. The average Bonchev–Trinajstić information content (AvgIpc) is 3.43. The summed E-state index contributed by atoms with van der Waals surface area (Å²) in [6, 6.07) is 4.72. The first-order valence-electron chi connectivity index (χ1n) is 11.0. The van der Waals surface area contributed by atoms with E-state index in [9.17, 15) is 13.6 Å². The number of amides is 1. The Hall–Kier alpha value is -4.39. The van der Waals surface area contributed by atoms with Crippen LogP contribution in [0.2, 0.25) is 0 Å². The third kappa shape index (κ3) is 4.60. The second kappa shape index (κ2) is 9.58. The van der Waals surface area contributed by atoms with Crippen molar-refractivity contribution < 1.29 is 18.3 Å². The summed E-state index contributed by atoms with van der Waals surface area (Å²) in [5.41, 5.74) is 3.86. The molecule has 0 radical (unpaired) electrons. The normalized spacial score (nSPS) is 11.3. The van der Waals surface area contributed by atoms with E-state index in [0.29, 0.717) is 33.2 Å². The van der Waals surface area contributed by atoms with Crippen LogP contribution >= 0.6 is 11.3 Å². The van der Waals surface area contributed by atoms with E-state index in [0.717, 1.165) is 16.1 Å². The Morgan fingerprint density at radius 2 is 1.89 bits per heavy atom. The molecule has 5 rings (SSSR count). The lowest BCUT2D eigenvalue weighted by Gasteiger charge is -2.14. The highest BCUT2D eigenvalue weighted by Crippen LogP contribution is 2.35. The average molecular weight is 523 g/mol. The molecule has 0 unspecified atom stereocenters. The number of alkyl halides is 2. The predicted octanol–water partition coefficient (Wildman–Crippen LogP) is 4.76. The van der Waals surface area contributed by atoms with Crippen molar-refractivity contribution in [1.82, 2.24) is 34.9 Å². The lowest BCUT2D eigenvalue weighted by atomic mass is 9.99. The molecule has 10 nitrogen and oxygen atoms in total. The second-order valence-corrected chi connectivity index (χ2v) is 9.17. The van der Waals surface area contributed by atoms with Crippen molar-refractivity contribution in [3.05, 3.63) is 59.4 Å². The van der Waals surface area contributed by atoms with Crippen LogP contribution in [-0.2, 0) is 7.05 Å². The number of fused-ring (bicyclic) bond motifs is 1. The van der Waals surface area contributed by atoms with Crippen molar-refractivity contribution in [3.8, 4) is 28.3 Å². The standard InChI is InChI=1S/C24H20F2N8O2S/c1-11-5-13(14-6-17(22(25)26)29-10-19(14)36-4)15(8-27-11)23(35)31-24-30-18-9-28-16(7-20(18)37-24)21-12(2)32-33-34(21)3/h5-10,22H,1-4H3,(H,30,31,35). The summed E-state index contributed by atoms with van der Waals surface area (Å²) in [5.74, 6) is -0.249. The Kier molecular flexibility index (Phi) is 6.29. The van der Waals surface area contributed by atoms with Crippen LogP contribution in [0.4, 0.5) is 13.9 Å². The number of carbonyl (C=O) groups is 1. The van der Waals surface area contributed by atoms with Gasteiger partial charge in [-0.3, -0.25) is 25.1 Å². The first kappa shape index (κ1) is 24.3. The molecule has 0 saturated carbocycles. The summed E-state index contributed by atoms with van der Waals surface area (Å²) in [6.07, 6.45) is 1.45. The number of carbonyl (C=O) groups excluding carboxylic acids is 1. The van der Waals surface area contributed by atoms with E-state index in [1.807, 2.05) is 13.0 Å². The summed E-state index contributed by atoms with van der Waals surface area (Å²) in [5, 5.41) is 11.2. The van der Waals surface area contributed by atoms with E-state index in [4.69, 9.17) is 4.74 Å². The highest BCUT2D eigenvalue weighted by molar-refractivity contribution is 7.22. The molecule has 0 fully saturated rings. The molecule has 0 aromatic carbocycles. The fourth-order valence-corrected chi connectivity index (χ4v) is 4.78. The van der Waals surface area contributed by atoms with Gasteiger partial charge in [-0.25, -0.2) is 18.4 Å². The molecule has 13 heteroatoms. The van der Waals surface area contributed by atoms with E-state index in [-0.39, 0.29) is 11.3 Å². The number of ether oxygens (including phenoxy) is 1. The molecule has 0 spiro atoms. The fourth-order valence-electron chi connectivity index (χ4n) is 3.91. The first-order valence-corrected chi connectivity index (χ1v) is 11.8. The van der Waals surface area contributed by atoms with Gasteiger partial charge < -0.3 is 4.74 Å². The number of nitrogens with one attached hydrogen (secondary N) is 1. The van der Waals surface area contributed by atoms with Crippen molar-refractivity contribution in [3.63, 3.8) is 0 Å². The lowest BCUT2D eigenvalue weighted by Crippen LogP contribution is -2.14. The van der Waals surface area contributed by atoms with Crippen LogP contribution in [0.25, 0.3) is 32.7 Å². The molecular weight excluding hydrogens is 502 g/mol. The lowest BCUT2D eigenvalue weighted by molar-refractivity contribution is 0.102. The van der Waals surface area contributed by atoms with Gasteiger partial charge in [-0.2, -0.15) is 0 Å². The Bertz CT molecular complexity index is 1630. The Morgan fingerprint density at radius 3 is 2.59 bits per heavy atom. The molecule has 0 atom stereocenters. The number of aryl methyl sites for hydroxylation is 3. The first-order chi connectivity index (χ1) is 17.7. The maximum absolute atomic E-state index is 13.4. The van der Waals surface area contributed by atoms with Crippen LogP contribution in [-0.4, -0.2) is 47.9 Å². The summed E-state index contributed by atoms with van der Waals surface area (Å²) in [4.78, 5) is 30.2. The minimum atomic E-state index is -2.78. The predicted molar refractivity (Wildman–Crippen MR) is 134 cm³/mol. The molecule has 1 N–H and O–H groups in total. The third-order valence-corrected chi connectivity index (χ3v) is 6.57. The number of pyridine rings is 3. The van der Waals surface area contributed by atoms with Crippen LogP contribution in [0.1, 0.15) is 33.9 Å². The van der Waals surface area contributed by atoms with Gasteiger partial charge in [0.15, 0.2) is 5.13 Å². The van der Waals surface area contributed by atoms with Crippen molar-refractivity contribution >= 4 is 32.6 Å². The summed E-state index contributed by atoms with van der Waals surface area (Å²) < 4.78 is 34.5. The maximum Gasteiger partial charge on any atom is 0.280 e. The minimum Gasteiger partial charge on any atom is -0.494 e. The molecular formula is C24H20F2N8O2S. The quantitative estimate of drug-likeness (QED) is 0.339. The highest BCUT2D eigenvalue weighted by atomic mass is 32.1.